The lowest BCUT2D eigenvalue weighted by Crippen LogP contribution is -2.18. The van der Waals surface area contributed by atoms with Crippen LogP contribution in [0.5, 0.6) is 0 Å². The second-order valence-corrected chi connectivity index (χ2v) is 7.05. The molecule has 0 spiro atoms. The van der Waals surface area contributed by atoms with Gasteiger partial charge in [0.25, 0.3) is 0 Å². The van der Waals surface area contributed by atoms with Crippen molar-refractivity contribution in [1.82, 2.24) is 4.72 Å². The molecule has 0 atom stereocenters. The molecule has 0 aliphatic rings. The summed E-state index contributed by atoms with van der Waals surface area (Å²) in [5.41, 5.74) is 6.03. The minimum absolute atomic E-state index is 0.00138. The Bertz CT molecular complexity index is 780. The van der Waals surface area contributed by atoms with Crippen molar-refractivity contribution in [1.29, 1.82) is 0 Å². The molecule has 0 aliphatic heterocycles. The van der Waals surface area contributed by atoms with E-state index in [4.69, 9.17) is 5.73 Å². The summed E-state index contributed by atoms with van der Waals surface area (Å²) in [5, 5.41) is 0. The number of sulfonamides is 1. The molecule has 0 aromatic heterocycles. The van der Waals surface area contributed by atoms with Gasteiger partial charge in [-0.15, -0.1) is 0 Å². The van der Waals surface area contributed by atoms with Gasteiger partial charge in [-0.1, -0.05) is 11.8 Å². The maximum absolute atomic E-state index is 13.6. The molecular weight excluding hydrogens is 318 g/mol. The Morgan fingerprint density at radius 3 is 2.48 bits per heavy atom. The molecule has 0 saturated carbocycles. The first kappa shape index (κ1) is 15.7. The molecule has 2 rings (SSSR count). The van der Waals surface area contributed by atoms with Crippen LogP contribution in [0, 0.1) is 11.6 Å². The molecule has 0 aliphatic carbocycles. The van der Waals surface area contributed by atoms with Gasteiger partial charge in [-0.3, -0.25) is 0 Å². The Morgan fingerprint density at radius 2 is 1.81 bits per heavy atom. The van der Waals surface area contributed by atoms with Crippen molar-refractivity contribution in [2.75, 3.05) is 12.8 Å². The number of hydrogen-bond donors (Lipinski definition) is 2. The van der Waals surface area contributed by atoms with E-state index < -0.39 is 21.7 Å². The van der Waals surface area contributed by atoms with E-state index >= 15 is 0 Å². The van der Waals surface area contributed by atoms with Gasteiger partial charge in [0, 0.05) is 10.6 Å². The van der Waals surface area contributed by atoms with Crippen LogP contribution in [-0.2, 0) is 10.0 Å². The molecular formula is C13H12F2N2O2S2. The van der Waals surface area contributed by atoms with Crippen molar-refractivity contribution >= 4 is 27.5 Å². The quantitative estimate of drug-likeness (QED) is 0.845. The number of halogens is 2. The highest BCUT2D eigenvalue weighted by atomic mass is 32.2. The van der Waals surface area contributed by atoms with Crippen LogP contribution in [0.25, 0.3) is 0 Å². The summed E-state index contributed by atoms with van der Waals surface area (Å²) in [6.07, 6.45) is 0. The predicted octanol–water partition coefficient (Wildman–Crippen LogP) is 2.61. The molecule has 0 saturated heterocycles. The van der Waals surface area contributed by atoms with Gasteiger partial charge in [0.15, 0.2) is 0 Å². The summed E-state index contributed by atoms with van der Waals surface area (Å²) in [4.78, 5) is 0.357. The maximum atomic E-state index is 13.6. The fraction of sp³-hybridized carbons (Fsp3) is 0.0769. The highest BCUT2D eigenvalue weighted by Crippen LogP contribution is 2.35. The minimum atomic E-state index is -3.63. The monoisotopic (exact) mass is 330 g/mol. The van der Waals surface area contributed by atoms with Crippen LogP contribution in [0.1, 0.15) is 0 Å². The van der Waals surface area contributed by atoms with Crippen molar-refractivity contribution < 1.29 is 17.2 Å². The molecule has 2 aromatic carbocycles. The van der Waals surface area contributed by atoms with Gasteiger partial charge < -0.3 is 5.73 Å². The summed E-state index contributed by atoms with van der Waals surface area (Å²) >= 11 is 0.864. The maximum Gasteiger partial charge on any atom is 0.240 e. The number of anilines is 1. The topological polar surface area (TPSA) is 72.2 Å². The Balaban J connectivity index is 2.45. The summed E-state index contributed by atoms with van der Waals surface area (Å²) < 4.78 is 52.4. The van der Waals surface area contributed by atoms with Crippen LogP contribution in [0.15, 0.2) is 51.1 Å². The number of nitrogens with two attached hydrogens (primary N) is 1. The van der Waals surface area contributed by atoms with Crippen molar-refractivity contribution in [3.63, 3.8) is 0 Å². The fourth-order valence-electron chi connectivity index (χ4n) is 1.56. The average Bonchev–Trinajstić information content (AvgIpc) is 2.45. The lowest BCUT2D eigenvalue weighted by atomic mass is 10.3. The first-order valence-corrected chi connectivity index (χ1v) is 8.09. The van der Waals surface area contributed by atoms with E-state index in [1.54, 1.807) is 0 Å². The van der Waals surface area contributed by atoms with Crippen LogP contribution in [0.3, 0.4) is 0 Å². The second-order valence-electron chi connectivity index (χ2n) is 4.08. The molecule has 0 unspecified atom stereocenters. The summed E-state index contributed by atoms with van der Waals surface area (Å²) in [6.45, 7) is 0. The zero-order valence-electron chi connectivity index (χ0n) is 10.9. The van der Waals surface area contributed by atoms with Gasteiger partial charge >= 0.3 is 0 Å². The standard InChI is InChI=1S/C13H12F2N2O2S2/c1-17-21(18,19)9-3-5-11(16)13(7-9)20-12-6-8(14)2-4-10(12)15/h2-7,17H,16H2,1H3. The van der Waals surface area contributed by atoms with Crippen LogP contribution < -0.4 is 10.5 Å². The minimum Gasteiger partial charge on any atom is -0.398 e. The lowest BCUT2D eigenvalue weighted by molar-refractivity contribution is 0.577. The summed E-state index contributed by atoms with van der Waals surface area (Å²) in [6, 6.07) is 7.10. The third-order valence-corrected chi connectivity index (χ3v) is 5.20. The summed E-state index contributed by atoms with van der Waals surface area (Å²) in [5.74, 6) is -1.20. The van der Waals surface area contributed by atoms with E-state index in [0.29, 0.717) is 4.90 Å². The van der Waals surface area contributed by atoms with Crippen molar-refractivity contribution in [2.45, 2.75) is 14.7 Å². The molecule has 3 N–H and O–H groups in total. The zero-order valence-corrected chi connectivity index (χ0v) is 12.6. The van der Waals surface area contributed by atoms with Crippen molar-refractivity contribution in [3.8, 4) is 0 Å². The number of nitrogens with one attached hydrogen (secondary N) is 1. The highest BCUT2D eigenvalue weighted by molar-refractivity contribution is 7.99. The van der Waals surface area contributed by atoms with E-state index in [1.807, 2.05) is 0 Å². The van der Waals surface area contributed by atoms with Gasteiger partial charge in [0.2, 0.25) is 10.0 Å². The first-order chi connectivity index (χ1) is 9.83. The average molecular weight is 330 g/mol. The Morgan fingerprint density at radius 1 is 1.10 bits per heavy atom. The molecule has 0 bridgehead atoms. The predicted molar refractivity (Wildman–Crippen MR) is 77.6 cm³/mol. The Hall–Kier alpha value is -1.64. The molecule has 21 heavy (non-hydrogen) atoms. The molecule has 0 radical (unpaired) electrons. The molecule has 112 valence electrons. The van der Waals surface area contributed by atoms with E-state index in [9.17, 15) is 17.2 Å². The Labute approximate surface area is 125 Å². The first-order valence-electron chi connectivity index (χ1n) is 5.79. The van der Waals surface area contributed by atoms with Gasteiger partial charge in [0.1, 0.15) is 11.6 Å². The molecule has 0 fully saturated rings. The smallest absolute Gasteiger partial charge is 0.240 e. The van der Waals surface area contributed by atoms with Gasteiger partial charge in [-0.2, -0.15) is 0 Å². The fourth-order valence-corrected chi connectivity index (χ4v) is 3.34. The molecule has 2 aromatic rings. The number of rotatable bonds is 4. The molecule has 4 nitrogen and oxygen atoms in total. The molecule has 0 heterocycles. The van der Waals surface area contributed by atoms with Crippen LogP contribution in [0.2, 0.25) is 0 Å². The molecule has 8 heteroatoms. The van der Waals surface area contributed by atoms with Crippen LogP contribution in [-0.4, -0.2) is 15.5 Å². The largest absolute Gasteiger partial charge is 0.398 e. The third kappa shape index (κ3) is 3.52. The van der Waals surface area contributed by atoms with Crippen LogP contribution >= 0.6 is 11.8 Å². The van der Waals surface area contributed by atoms with Gasteiger partial charge in [0.05, 0.1) is 9.79 Å². The number of nitrogen functional groups attached to an aromatic ring is 1. The lowest BCUT2D eigenvalue weighted by Gasteiger charge is -2.09. The second kappa shape index (κ2) is 6.00. The molecule has 0 amide bonds. The van der Waals surface area contributed by atoms with Crippen LogP contribution in [0.4, 0.5) is 14.5 Å². The van der Waals surface area contributed by atoms with E-state index in [0.717, 1.165) is 30.0 Å². The SMILES string of the molecule is CNS(=O)(=O)c1ccc(N)c(Sc2cc(F)ccc2F)c1. The number of hydrogen-bond acceptors (Lipinski definition) is 4. The summed E-state index contributed by atoms with van der Waals surface area (Å²) in [7, 11) is -2.35. The Kier molecular flexibility index (Phi) is 4.50. The van der Waals surface area contributed by atoms with Gasteiger partial charge in [-0.05, 0) is 43.4 Å². The normalized spacial score (nSPS) is 11.6. The van der Waals surface area contributed by atoms with Crippen molar-refractivity contribution in [3.05, 3.63) is 48.0 Å². The van der Waals surface area contributed by atoms with E-state index in [-0.39, 0.29) is 15.5 Å². The van der Waals surface area contributed by atoms with E-state index in [1.165, 1.54) is 25.2 Å². The van der Waals surface area contributed by atoms with Gasteiger partial charge in [-0.25, -0.2) is 21.9 Å². The van der Waals surface area contributed by atoms with Crippen molar-refractivity contribution in [2.24, 2.45) is 0 Å². The third-order valence-electron chi connectivity index (χ3n) is 2.68. The zero-order chi connectivity index (χ0) is 15.6. The number of benzene rings is 2. The highest BCUT2D eigenvalue weighted by Gasteiger charge is 2.15. The van der Waals surface area contributed by atoms with E-state index in [2.05, 4.69) is 4.72 Å².